The summed E-state index contributed by atoms with van der Waals surface area (Å²) in [4.78, 5) is 0. The maximum absolute atomic E-state index is 5.70. The predicted octanol–water partition coefficient (Wildman–Crippen LogP) is 3.28. The van der Waals surface area contributed by atoms with Crippen LogP contribution in [0.4, 0.5) is 5.69 Å². The number of nitrogens with one attached hydrogen (secondary N) is 1. The molecule has 0 saturated heterocycles. The lowest BCUT2D eigenvalue weighted by Gasteiger charge is -2.30. The Hall–Kier alpha value is -1.45. The SMILES string of the molecule is Cc1ccc2c(c1)C(CSN)=C1C=CC=CC1N2. The summed E-state index contributed by atoms with van der Waals surface area (Å²) >= 11 is 1.39. The molecular weight excluding hydrogens is 240 g/mol. The van der Waals surface area contributed by atoms with Crippen LogP contribution < -0.4 is 10.5 Å². The number of benzene rings is 1. The van der Waals surface area contributed by atoms with Gasteiger partial charge >= 0.3 is 0 Å². The number of rotatable bonds is 2. The molecule has 0 aromatic heterocycles. The van der Waals surface area contributed by atoms with E-state index < -0.39 is 0 Å². The van der Waals surface area contributed by atoms with Crippen LogP contribution in [0.25, 0.3) is 5.57 Å². The van der Waals surface area contributed by atoms with Gasteiger partial charge in [-0.05, 0) is 30.2 Å². The van der Waals surface area contributed by atoms with Crippen LogP contribution in [-0.2, 0) is 0 Å². The first kappa shape index (κ1) is 11.6. The van der Waals surface area contributed by atoms with Crippen LogP contribution in [0.5, 0.6) is 0 Å². The van der Waals surface area contributed by atoms with Crippen LogP contribution in [0, 0.1) is 6.92 Å². The number of nitrogens with two attached hydrogens (primary N) is 1. The molecule has 1 unspecified atom stereocenters. The van der Waals surface area contributed by atoms with Gasteiger partial charge in [-0.2, -0.15) is 0 Å². The summed E-state index contributed by atoms with van der Waals surface area (Å²) in [6, 6.07) is 6.83. The first-order valence-corrected chi connectivity index (χ1v) is 7.11. The number of hydrogen-bond acceptors (Lipinski definition) is 3. The molecule has 0 radical (unpaired) electrons. The molecule has 2 nitrogen and oxygen atoms in total. The van der Waals surface area contributed by atoms with Crippen molar-refractivity contribution in [1.29, 1.82) is 0 Å². The Bertz CT molecular complexity index is 570. The lowest BCUT2D eigenvalue weighted by atomic mass is 9.87. The van der Waals surface area contributed by atoms with Crippen molar-refractivity contribution in [2.24, 2.45) is 5.14 Å². The first-order valence-electron chi connectivity index (χ1n) is 6.07. The number of anilines is 1. The van der Waals surface area contributed by atoms with Crippen molar-refractivity contribution in [2.75, 3.05) is 11.1 Å². The smallest absolute Gasteiger partial charge is 0.0704 e. The van der Waals surface area contributed by atoms with Gasteiger partial charge in [0.2, 0.25) is 0 Å². The highest BCUT2D eigenvalue weighted by Crippen LogP contribution is 2.37. The van der Waals surface area contributed by atoms with E-state index in [9.17, 15) is 0 Å². The maximum Gasteiger partial charge on any atom is 0.0704 e. The molecule has 0 fully saturated rings. The molecule has 0 saturated carbocycles. The summed E-state index contributed by atoms with van der Waals surface area (Å²) in [6.45, 7) is 2.13. The van der Waals surface area contributed by atoms with Gasteiger partial charge in [0.1, 0.15) is 0 Å². The van der Waals surface area contributed by atoms with Gasteiger partial charge in [0, 0.05) is 17.0 Å². The van der Waals surface area contributed by atoms with Crippen molar-refractivity contribution in [3.63, 3.8) is 0 Å². The molecule has 2 aliphatic rings. The second-order valence-corrected chi connectivity index (χ2v) is 5.28. The van der Waals surface area contributed by atoms with Gasteiger partial charge in [0.05, 0.1) is 6.04 Å². The molecule has 18 heavy (non-hydrogen) atoms. The highest BCUT2D eigenvalue weighted by Gasteiger charge is 2.24. The molecule has 1 aromatic rings. The van der Waals surface area contributed by atoms with Crippen molar-refractivity contribution in [2.45, 2.75) is 13.0 Å². The molecule has 3 heteroatoms. The van der Waals surface area contributed by atoms with E-state index in [1.165, 1.54) is 39.9 Å². The van der Waals surface area contributed by atoms with E-state index in [1.807, 2.05) is 0 Å². The topological polar surface area (TPSA) is 38.0 Å². The molecule has 3 N–H and O–H groups in total. The highest BCUT2D eigenvalue weighted by atomic mass is 32.2. The van der Waals surface area contributed by atoms with E-state index in [0.29, 0.717) is 0 Å². The monoisotopic (exact) mass is 256 g/mol. The Morgan fingerprint density at radius 2 is 2.22 bits per heavy atom. The largest absolute Gasteiger partial charge is 0.374 e. The summed E-state index contributed by atoms with van der Waals surface area (Å²) in [6.07, 6.45) is 8.57. The lowest BCUT2D eigenvalue weighted by Crippen LogP contribution is -2.26. The van der Waals surface area contributed by atoms with Crippen LogP contribution in [0.3, 0.4) is 0 Å². The summed E-state index contributed by atoms with van der Waals surface area (Å²) in [7, 11) is 0. The maximum atomic E-state index is 5.70. The van der Waals surface area contributed by atoms with Crippen molar-refractivity contribution < 1.29 is 0 Å². The minimum atomic E-state index is 0.285. The molecule has 3 rings (SSSR count). The Morgan fingerprint density at radius 1 is 1.33 bits per heavy atom. The molecule has 1 aromatic carbocycles. The fraction of sp³-hybridized carbons (Fsp3) is 0.200. The molecule has 1 aliphatic heterocycles. The molecule has 1 atom stereocenters. The Morgan fingerprint density at radius 3 is 3.06 bits per heavy atom. The van der Waals surface area contributed by atoms with Crippen molar-refractivity contribution >= 4 is 23.2 Å². The molecule has 1 aliphatic carbocycles. The van der Waals surface area contributed by atoms with Gasteiger partial charge in [-0.25, -0.2) is 0 Å². The Kier molecular flexibility index (Phi) is 3.02. The average molecular weight is 256 g/mol. The van der Waals surface area contributed by atoms with Crippen molar-refractivity contribution in [1.82, 2.24) is 0 Å². The minimum absolute atomic E-state index is 0.285. The zero-order valence-electron chi connectivity index (χ0n) is 10.3. The fourth-order valence-electron chi connectivity index (χ4n) is 2.56. The summed E-state index contributed by atoms with van der Waals surface area (Å²) in [5.41, 5.74) is 6.47. The third-order valence-electron chi connectivity index (χ3n) is 3.41. The summed E-state index contributed by atoms with van der Waals surface area (Å²) < 4.78 is 0. The van der Waals surface area contributed by atoms with Gasteiger partial charge in [-0.3, -0.25) is 5.14 Å². The first-order chi connectivity index (χ1) is 8.79. The van der Waals surface area contributed by atoms with Crippen molar-refractivity contribution in [3.8, 4) is 0 Å². The quantitative estimate of drug-likeness (QED) is 0.798. The van der Waals surface area contributed by atoms with Gasteiger partial charge in [0.25, 0.3) is 0 Å². The van der Waals surface area contributed by atoms with E-state index in [2.05, 4.69) is 54.7 Å². The van der Waals surface area contributed by atoms with Crippen LogP contribution in [0.15, 0.2) is 48.1 Å². The minimum Gasteiger partial charge on any atom is -0.374 e. The molecule has 0 spiro atoms. The molecule has 0 bridgehead atoms. The summed E-state index contributed by atoms with van der Waals surface area (Å²) in [5.74, 6) is 0.849. The van der Waals surface area contributed by atoms with Gasteiger partial charge in [-0.1, -0.05) is 47.9 Å². The van der Waals surface area contributed by atoms with Crippen LogP contribution >= 0.6 is 11.9 Å². The molecule has 0 amide bonds. The van der Waals surface area contributed by atoms with E-state index in [-0.39, 0.29) is 6.04 Å². The number of hydrogen-bond donors (Lipinski definition) is 2. The van der Waals surface area contributed by atoms with E-state index in [0.717, 1.165) is 5.75 Å². The Balaban J connectivity index is 2.18. The van der Waals surface area contributed by atoms with E-state index >= 15 is 0 Å². The number of allylic oxidation sites excluding steroid dienone is 2. The van der Waals surface area contributed by atoms with Gasteiger partial charge < -0.3 is 5.32 Å². The molecule has 92 valence electrons. The highest BCUT2D eigenvalue weighted by molar-refractivity contribution is 7.97. The lowest BCUT2D eigenvalue weighted by molar-refractivity contribution is 1.02. The number of aryl methyl sites for hydroxylation is 1. The number of fused-ring (bicyclic) bond motifs is 2. The second-order valence-electron chi connectivity index (χ2n) is 4.66. The standard InChI is InChI=1S/C15H16N2S/c1-10-6-7-15-12(8-10)13(9-18-16)11-4-2-3-5-14(11)17-15/h2-8,14,17H,9,16H2,1H3. The van der Waals surface area contributed by atoms with Crippen LogP contribution in [-0.4, -0.2) is 11.8 Å². The van der Waals surface area contributed by atoms with Crippen LogP contribution in [0.2, 0.25) is 0 Å². The van der Waals surface area contributed by atoms with E-state index in [1.54, 1.807) is 0 Å². The predicted molar refractivity (Wildman–Crippen MR) is 80.4 cm³/mol. The van der Waals surface area contributed by atoms with Gasteiger partial charge in [0.15, 0.2) is 0 Å². The van der Waals surface area contributed by atoms with Crippen LogP contribution in [0.1, 0.15) is 11.1 Å². The van der Waals surface area contributed by atoms with Gasteiger partial charge in [-0.15, -0.1) is 0 Å². The third-order valence-corrected chi connectivity index (χ3v) is 3.87. The third kappa shape index (κ3) is 1.89. The second kappa shape index (κ2) is 4.67. The fourth-order valence-corrected chi connectivity index (χ4v) is 3.05. The molecular formula is C15H16N2S. The van der Waals surface area contributed by atoms with Crippen molar-refractivity contribution in [3.05, 3.63) is 59.2 Å². The molecule has 1 heterocycles. The summed E-state index contributed by atoms with van der Waals surface area (Å²) in [5, 5.41) is 9.26. The zero-order chi connectivity index (χ0) is 12.5. The average Bonchev–Trinajstić information content (AvgIpc) is 2.39. The van der Waals surface area contributed by atoms with E-state index in [4.69, 9.17) is 5.14 Å². The zero-order valence-corrected chi connectivity index (χ0v) is 11.1. The Labute approximate surface area is 112 Å². The normalized spacial score (nSPS) is 20.4.